The van der Waals surface area contributed by atoms with Crippen LogP contribution in [0.2, 0.25) is 0 Å². The second kappa shape index (κ2) is 13.6. The van der Waals surface area contributed by atoms with Crippen LogP contribution in [0.25, 0.3) is 22.3 Å². The molecule has 49 heavy (non-hydrogen) atoms. The van der Waals surface area contributed by atoms with Gasteiger partial charge in [-0.15, -0.1) is 0 Å². The fourth-order valence-corrected chi connectivity index (χ4v) is 6.88. The van der Waals surface area contributed by atoms with Gasteiger partial charge in [0.25, 0.3) is 0 Å². The standard InChI is InChI=1S/C40H39NO8/c1-39(2,3)49-35(42)21-12-22-40(36(43)44,37(45)47-23-33-29-17-8-4-13-25(29)26-14-5-9-18-30(26)33)41-38(46)48-24-34-31-19-10-6-15-27(31)28-16-7-11-20-32(28)34/h4-11,13-20,33-34H,12,21-24H2,1-3H3,(H,41,46)(H,43,44)/t40-/m0/s1. The first kappa shape index (κ1) is 33.5. The number of hydrogen-bond acceptors (Lipinski definition) is 7. The minimum Gasteiger partial charge on any atom is -0.479 e. The number of amides is 1. The lowest BCUT2D eigenvalue weighted by Crippen LogP contribution is -2.61. The van der Waals surface area contributed by atoms with E-state index in [0.29, 0.717) is 0 Å². The summed E-state index contributed by atoms with van der Waals surface area (Å²) >= 11 is 0. The maximum Gasteiger partial charge on any atom is 0.408 e. The summed E-state index contributed by atoms with van der Waals surface area (Å²) in [5.41, 5.74) is 4.69. The Kier molecular flexibility index (Phi) is 9.28. The van der Waals surface area contributed by atoms with Crippen LogP contribution in [0.4, 0.5) is 4.79 Å². The number of hydrogen-bond donors (Lipinski definition) is 2. The monoisotopic (exact) mass is 661 g/mol. The third kappa shape index (κ3) is 6.79. The van der Waals surface area contributed by atoms with Crippen LogP contribution in [0, 0.1) is 0 Å². The highest BCUT2D eigenvalue weighted by Gasteiger charge is 2.50. The van der Waals surface area contributed by atoms with Crippen molar-refractivity contribution in [1.82, 2.24) is 5.32 Å². The van der Waals surface area contributed by atoms with Crippen LogP contribution in [0.15, 0.2) is 97.1 Å². The number of carbonyl (C=O) groups is 4. The molecule has 0 unspecified atom stereocenters. The minimum atomic E-state index is -2.53. The fraction of sp³-hybridized carbons (Fsp3) is 0.300. The fourth-order valence-electron chi connectivity index (χ4n) is 6.88. The van der Waals surface area contributed by atoms with Gasteiger partial charge in [-0.25, -0.2) is 14.4 Å². The number of aliphatic carboxylic acids is 1. The summed E-state index contributed by atoms with van der Waals surface area (Å²) in [6.07, 6.45) is -1.76. The van der Waals surface area contributed by atoms with E-state index in [1.165, 1.54) is 0 Å². The average Bonchev–Trinajstić information content (AvgIpc) is 3.57. The number of nitrogens with one attached hydrogen (secondary N) is 1. The van der Waals surface area contributed by atoms with Crippen molar-refractivity contribution in [1.29, 1.82) is 0 Å². The van der Waals surface area contributed by atoms with Crippen molar-refractivity contribution in [3.8, 4) is 22.3 Å². The molecule has 0 heterocycles. The number of alkyl carbamates (subject to hydrolysis) is 1. The van der Waals surface area contributed by atoms with E-state index in [0.717, 1.165) is 44.5 Å². The topological polar surface area (TPSA) is 128 Å². The largest absolute Gasteiger partial charge is 0.479 e. The van der Waals surface area contributed by atoms with Gasteiger partial charge in [0.1, 0.15) is 18.8 Å². The van der Waals surface area contributed by atoms with Crippen molar-refractivity contribution >= 4 is 24.0 Å². The van der Waals surface area contributed by atoms with Crippen molar-refractivity contribution in [2.75, 3.05) is 13.2 Å². The van der Waals surface area contributed by atoms with E-state index in [2.05, 4.69) is 5.32 Å². The van der Waals surface area contributed by atoms with E-state index >= 15 is 0 Å². The van der Waals surface area contributed by atoms with Crippen LogP contribution < -0.4 is 5.32 Å². The number of fused-ring (bicyclic) bond motifs is 6. The molecule has 2 aliphatic rings. The SMILES string of the molecule is CC(C)(C)OC(=O)CCC[C@](NC(=O)OCC1c2ccccc2-c2ccccc21)(C(=O)O)C(=O)OCC1c2ccccc2-c2ccccc21. The van der Waals surface area contributed by atoms with E-state index in [1.807, 2.05) is 97.1 Å². The first-order valence-corrected chi connectivity index (χ1v) is 16.4. The molecular weight excluding hydrogens is 622 g/mol. The molecule has 0 saturated carbocycles. The Morgan fingerprint density at radius 1 is 0.653 bits per heavy atom. The molecule has 9 heteroatoms. The van der Waals surface area contributed by atoms with Gasteiger partial charge in [0, 0.05) is 18.3 Å². The highest BCUT2D eigenvalue weighted by Crippen LogP contribution is 2.46. The lowest BCUT2D eigenvalue weighted by molar-refractivity contribution is -0.165. The summed E-state index contributed by atoms with van der Waals surface area (Å²) in [5, 5.41) is 12.9. The molecule has 6 rings (SSSR count). The Hall–Kier alpha value is -5.44. The van der Waals surface area contributed by atoms with Crippen molar-refractivity contribution in [3.63, 3.8) is 0 Å². The van der Waals surface area contributed by atoms with Crippen molar-refractivity contribution < 1.29 is 38.5 Å². The summed E-state index contributed by atoms with van der Waals surface area (Å²) in [7, 11) is 0. The number of carbonyl (C=O) groups excluding carboxylic acids is 3. The van der Waals surface area contributed by atoms with E-state index in [9.17, 15) is 24.3 Å². The van der Waals surface area contributed by atoms with Gasteiger partial charge in [0.15, 0.2) is 0 Å². The molecule has 2 N–H and O–H groups in total. The van der Waals surface area contributed by atoms with E-state index in [-0.39, 0.29) is 37.9 Å². The number of rotatable bonds is 11. The quantitative estimate of drug-likeness (QED) is 0.0980. The molecule has 2 aliphatic carbocycles. The number of ether oxygens (including phenoxy) is 3. The summed E-state index contributed by atoms with van der Waals surface area (Å²) in [4.78, 5) is 52.8. The summed E-state index contributed by atoms with van der Waals surface area (Å²) in [6, 6.07) is 31.2. The van der Waals surface area contributed by atoms with Crippen molar-refractivity contribution in [3.05, 3.63) is 119 Å². The zero-order valence-corrected chi connectivity index (χ0v) is 27.7. The maximum atomic E-state index is 13.9. The number of benzene rings is 4. The van der Waals surface area contributed by atoms with Crippen molar-refractivity contribution in [2.45, 2.75) is 63.0 Å². The van der Waals surface area contributed by atoms with Crippen LogP contribution in [0.1, 0.15) is 74.1 Å². The molecule has 1 atom stereocenters. The van der Waals surface area contributed by atoms with Gasteiger partial charge < -0.3 is 19.3 Å². The molecule has 0 saturated heterocycles. The number of carboxylic acid groups (broad SMARTS) is 1. The van der Waals surface area contributed by atoms with Gasteiger partial charge in [-0.1, -0.05) is 97.1 Å². The lowest BCUT2D eigenvalue weighted by Gasteiger charge is -2.29. The normalized spacial score (nSPS) is 14.4. The van der Waals surface area contributed by atoms with Gasteiger partial charge in [-0.3, -0.25) is 10.1 Å². The Morgan fingerprint density at radius 2 is 1.06 bits per heavy atom. The molecule has 1 amide bonds. The second-order valence-electron chi connectivity index (χ2n) is 13.4. The third-order valence-electron chi connectivity index (χ3n) is 9.07. The number of esters is 2. The summed E-state index contributed by atoms with van der Waals surface area (Å²) in [6.45, 7) is 4.93. The molecular formula is C40H39NO8. The smallest absolute Gasteiger partial charge is 0.408 e. The van der Waals surface area contributed by atoms with E-state index < -0.39 is 41.6 Å². The van der Waals surface area contributed by atoms with Crippen LogP contribution in [-0.4, -0.2) is 53.5 Å². The third-order valence-corrected chi connectivity index (χ3v) is 9.07. The highest BCUT2D eigenvalue weighted by atomic mass is 16.6. The zero-order chi connectivity index (χ0) is 34.8. The first-order valence-electron chi connectivity index (χ1n) is 16.4. The molecule has 0 aliphatic heterocycles. The molecule has 0 radical (unpaired) electrons. The molecule has 9 nitrogen and oxygen atoms in total. The molecule has 4 aromatic carbocycles. The Morgan fingerprint density at radius 3 is 1.47 bits per heavy atom. The van der Waals surface area contributed by atoms with Gasteiger partial charge in [-0.05, 0) is 78.1 Å². The predicted octanol–water partition coefficient (Wildman–Crippen LogP) is 7.22. The summed E-state index contributed by atoms with van der Waals surface area (Å²) < 4.78 is 16.8. The first-order chi connectivity index (χ1) is 23.5. The van der Waals surface area contributed by atoms with Crippen molar-refractivity contribution in [2.24, 2.45) is 0 Å². The summed E-state index contributed by atoms with van der Waals surface area (Å²) in [5.74, 6) is -3.94. The Bertz CT molecular complexity index is 1820. The molecule has 4 aromatic rings. The lowest BCUT2D eigenvalue weighted by atomic mass is 9.92. The Balaban J connectivity index is 1.21. The predicted molar refractivity (Wildman–Crippen MR) is 183 cm³/mol. The minimum absolute atomic E-state index is 0.0743. The highest BCUT2D eigenvalue weighted by molar-refractivity contribution is 6.06. The maximum absolute atomic E-state index is 13.9. The van der Waals surface area contributed by atoms with E-state index in [4.69, 9.17) is 14.2 Å². The molecule has 0 fully saturated rings. The number of carboxylic acids is 1. The Labute approximate surface area is 285 Å². The average molecular weight is 662 g/mol. The van der Waals surface area contributed by atoms with Gasteiger partial charge in [-0.2, -0.15) is 0 Å². The molecule has 0 spiro atoms. The second-order valence-corrected chi connectivity index (χ2v) is 13.4. The molecule has 0 bridgehead atoms. The van der Waals surface area contributed by atoms with Crippen LogP contribution in [0.3, 0.4) is 0 Å². The zero-order valence-electron chi connectivity index (χ0n) is 27.7. The van der Waals surface area contributed by atoms with E-state index in [1.54, 1.807) is 20.8 Å². The molecule has 252 valence electrons. The van der Waals surface area contributed by atoms with Crippen LogP contribution >= 0.6 is 0 Å². The van der Waals surface area contributed by atoms with Gasteiger partial charge in [0.2, 0.25) is 5.54 Å². The van der Waals surface area contributed by atoms with Gasteiger partial charge >= 0.3 is 24.0 Å². The van der Waals surface area contributed by atoms with Gasteiger partial charge in [0.05, 0.1) is 0 Å². The van der Waals surface area contributed by atoms with Crippen LogP contribution in [-0.2, 0) is 28.6 Å². The molecule has 0 aromatic heterocycles. The van der Waals surface area contributed by atoms with Crippen LogP contribution in [0.5, 0.6) is 0 Å².